The molecule has 1 aromatic rings. The van der Waals surface area contributed by atoms with E-state index in [0.717, 1.165) is 18.2 Å². The Morgan fingerprint density at radius 3 is 2.94 bits per heavy atom. The molecule has 0 aliphatic carbocycles. The number of nitrogens with one attached hydrogen (secondary N) is 1. The van der Waals surface area contributed by atoms with Crippen molar-refractivity contribution in [1.82, 2.24) is 5.32 Å². The van der Waals surface area contributed by atoms with Crippen molar-refractivity contribution < 1.29 is 9.18 Å². The number of amides is 1. The Hall–Kier alpha value is -0.900. The quantitative estimate of drug-likeness (QED) is 0.829. The SMILES string of the molecule is CC(CCCBr)NC(=O)c1cccc(F)c1. The van der Waals surface area contributed by atoms with Gasteiger partial charge >= 0.3 is 0 Å². The van der Waals surface area contributed by atoms with E-state index < -0.39 is 0 Å². The monoisotopic (exact) mass is 287 g/mol. The van der Waals surface area contributed by atoms with Gasteiger partial charge in [0.25, 0.3) is 5.91 Å². The summed E-state index contributed by atoms with van der Waals surface area (Å²) < 4.78 is 12.9. The summed E-state index contributed by atoms with van der Waals surface area (Å²) in [7, 11) is 0. The minimum Gasteiger partial charge on any atom is -0.350 e. The van der Waals surface area contributed by atoms with Crippen LogP contribution in [0.1, 0.15) is 30.1 Å². The van der Waals surface area contributed by atoms with Crippen LogP contribution in [0.3, 0.4) is 0 Å². The smallest absolute Gasteiger partial charge is 0.251 e. The van der Waals surface area contributed by atoms with Crippen molar-refractivity contribution in [1.29, 1.82) is 0 Å². The lowest BCUT2D eigenvalue weighted by atomic mass is 10.1. The van der Waals surface area contributed by atoms with Gasteiger partial charge in [0.05, 0.1) is 0 Å². The largest absolute Gasteiger partial charge is 0.350 e. The predicted octanol–water partition coefficient (Wildman–Crippen LogP) is 3.12. The number of rotatable bonds is 5. The van der Waals surface area contributed by atoms with Crippen molar-refractivity contribution in [3.63, 3.8) is 0 Å². The minimum atomic E-state index is -0.388. The maximum absolute atomic E-state index is 12.9. The van der Waals surface area contributed by atoms with Gasteiger partial charge in [-0.25, -0.2) is 4.39 Å². The van der Waals surface area contributed by atoms with Crippen LogP contribution in [0.2, 0.25) is 0 Å². The highest BCUT2D eigenvalue weighted by molar-refractivity contribution is 9.09. The molecule has 1 N–H and O–H groups in total. The van der Waals surface area contributed by atoms with Gasteiger partial charge in [-0.2, -0.15) is 0 Å². The van der Waals surface area contributed by atoms with Crippen LogP contribution in [0.25, 0.3) is 0 Å². The van der Waals surface area contributed by atoms with E-state index >= 15 is 0 Å². The van der Waals surface area contributed by atoms with Gasteiger partial charge in [0.2, 0.25) is 0 Å². The fourth-order valence-electron chi connectivity index (χ4n) is 1.39. The van der Waals surface area contributed by atoms with Crippen molar-refractivity contribution in [3.8, 4) is 0 Å². The Kier molecular flexibility index (Phi) is 5.46. The van der Waals surface area contributed by atoms with Crippen LogP contribution in [0.5, 0.6) is 0 Å². The van der Waals surface area contributed by atoms with Gasteiger partial charge in [-0.05, 0) is 38.0 Å². The van der Waals surface area contributed by atoms with Gasteiger partial charge in [-0.3, -0.25) is 4.79 Å². The standard InChI is InChI=1S/C12H15BrFNO/c1-9(4-3-7-13)15-12(16)10-5-2-6-11(14)8-10/h2,5-6,8-9H,3-4,7H2,1H3,(H,15,16). The summed E-state index contributed by atoms with van der Waals surface area (Å²) in [5.41, 5.74) is 0.366. The fourth-order valence-corrected chi connectivity index (χ4v) is 1.72. The summed E-state index contributed by atoms with van der Waals surface area (Å²) >= 11 is 3.34. The third-order valence-electron chi connectivity index (χ3n) is 2.24. The molecule has 1 aromatic carbocycles. The summed E-state index contributed by atoms with van der Waals surface area (Å²) in [4.78, 5) is 11.7. The molecule has 0 heterocycles. The number of alkyl halides is 1. The van der Waals surface area contributed by atoms with Crippen molar-refractivity contribution >= 4 is 21.8 Å². The van der Waals surface area contributed by atoms with Crippen LogP contribution < -0.4 is 5.32 Å². The van der Waals surface area contributed by atoms with Gasteiger partial charge in [0.1, 0.15) is 5.82 Å². The van der Waals surface area contributed by atoms with E-state index in [2.05, 4.69) is 21.2 Å². The van der Waals surface area contributed by atoms with E-state index in [1.807, 2.05) is 6.92 Å². The predicted molar refractivity (Wildman–Crippen MR) is 66.4 cm³/mol. The van der Waals surface area contributed by atoms with Crippen LogP contribution in [0.15, 0.2) is 24.3 Å². The first-order chi connectivity index (χ1) is 7.63. The summed E-state index contributed by atoms with van der Waals surface area (Å²) in [6.45, 7) is 1.94. The highest BCUT2D eigenvalue weighted by Gasteiger charge is 2.09. The summed E-state index contributed by atoms with van der Waals surface area (Å²) in [6.07, 6.45) is 1.91. The molecule has 0 spiro atoms. The Bertz CT molecular complexity index is 357. The van der Waals surface area contributed by atoms with Crippen LogP contribution in [0, 0.1) is 5.82 Å². The number of hydrogen-bond acceptors (Lipinski definition) is 1. The molecule has 0 saturated heterocycles. The van der Waals surface area contributed by atoms with Crippen molar-refractivity contribution in [2.75, 3.05) is 5.33 Å². The molecule has 1 amide bonds. The second-order valence-electron chi connectivity index (χ2n) is 3.72. The molecule has 0 aliphatic rings. The molecule has 1 unspecified atom stereocenters. The molecule has 0 bridgehead atoms. The molecule has 0 fully saturated rings. The second kappa shape index (κ2) is 6.63. The Morgan fingerprint density at radius 1 is 1.56 bits per heavy atom. The van der Waals surface area contributed by atoms with E-state index in [-0.39, 0.29) is 17.8 Å². The average Bonchev–Trinajstić information content (AvgIpc) is 2.26. The van der Waals surface area contributed by atoms with Crippen molar-refractivity contribution in [3.05, 3.63) is 35.6 Å². The van der Waals surface area contributed by atoms with Gasteiger partial charge in [0.15, 0.2) is 0 Å². The molecule has 2 nitrogen and oxygen atoms in total. The lowest BCUT2D eigenvalue weighted by Gasteiger charge is -2.13. The zero-order valence-electron chi connectivity index (χ0n) is 9.17. The number of carbonyl (C=O) groups excluding carboxylic acids is 1. The number of benzene rings is 1. The summed E-state index contributed by atoms with van der Waals surface area (Å²) in [5, 5.41) is 3.76. The van der Waals surface area contributed by atoms with E-state index in [1.54, 1.807) is 6.07 Å². The normalized spacial score (nSPS) is 12.2. The first kappa shape index (κ1) is 13.2. The number of halogens is 2. The second-order valence-corrected chi connectivity index (χ2v) is 4.51. The van der Waals surface area contributed by atoms with E-state index in [1.165, 1.54) is 18.2 Å². The molecule has 16 heavy (non-hydrogen) atoms. The molecule has 4 heteroatoms. The molecule has 0 saturated carbocycles. The third kappa shape index (κ3) is 4.31. The van der Waals surface area contributed by atoms with Gasteiger partial charge in [-0.15, -0.1) is 0 Å². The summed E-state index contributed by atoms with van der Waals surface area (Å²) in [6, 6.07) is 5.81. The van der Waals surface area contributed by atoms with Crippen LogP contribution in [-0.4, -0.2) is 17.3 Å². The maximum Gasteiger partial charge on any atom is 0.251 e. The number of hydrogen-bond donors (Lipinski definition) is 1. The highest BCUT2D eigenvalue weighted by Crippen LogP contribution is 2.05. The maximum atomic E-state index is 12.9. The van der Waals surface area contributed by atoms with Crippen LogP contribution in [0.4, 0.5) is 4.39 Å². The molecular formula is C12H15BrFNO. The molecular weight excluding hydrogens is 273 g/mol. The van der Waals surface area contributed by atoms with Crippen LogP contribution in [-0.2, 0) is 0 Å². The third-order valence-corrected chi connectivity index (χ3v) is 2.80. The Balaban J connectivity index is 2.52. The molecule has 0 radical (unpaired) electrons. The van der Waals surface area contributed by atoms with Crippen molar-refractivity contribution in [2.24, 2.45) is 0 Å². The Labute approximate surface area is 103 Å². The summed E-state index contributed by atoms with van der Waals surface area (Å²) in [5.74, 6) is -0.609. The molecule has 0 aromatic heterocycles. The minimum absolute atomic E-state index is 0.105. The first-order valence-corrected chi connectivity index (χ1v) is 6.38. The van der Waals surface area contributed by atoms with E-state index in [4.69, 9.17) is 0 Å². The Morgan fingerprint density at radius 2 is 2.31 bits per heavy atom. The molecule has 1 rings (SSSR count). The topological polar surface area (TPSA) is 29.1 Å². The average molecular weight is 288 g/mol. The zero-order valence-corrected chi connectivity index (χ0v) is 10.8. The van der Waals surface area contributed by atoms with E-state index in [9.17, 15) is 9.18 Å². The van der Waals surface area contributed by atoms with Gasteiger partial charge in [-0.1, -0.05) is 22.0 Å². The van der Waals surface area contributed by atoms with E-state index in [0.29, 0.717) is 5.56 Å². The lowest BCUT2D eigenvalue weighted by molar-refractivity contribution is 0.0938. The molecule has 0 aliphatic heterocycles. The van der Waals surface area contributed by atoms with Gasteiger partial charge < -0.3 is 5.32 Å². The lowest BCUT2D eigenvalue weighted by Crippen LogP contribution is -2.32. The molecule has 1 atom stereocenters. The number of carbonyl (C=O) groups is 1. The fraction of sp³-hybridized carbons (Fsp3) is 0.417. The highest BCUT2D eigenvalue weighted by atomic mass is 79.9. The molecule has 88 valence electrons. The van der Waals surface area contributed by atoms with Crippen molar-refractivity contribution in [2.45, 2.75) is 25.8 Å². The first-order valence-electron chi connectivity index (χ1n) is 5.26. The zero-order chi connectivity index (χ0) is 12.0. The van der Waals surface area contributed by atoms with Crippen LogP contribution >= 0.6 is 15.9 Å². The van der Waals surface area contributed by atoms with Gasteiger partial charge in [0, 0.05) is 16.9 Å².